The molecule has 0 heterocycles. The van der Waals surface area contributed by atoms with Crippen LogP contribution in [0.5, 0.6) is 0 Å². The van der Waals surface area contributed by atoms with Gasteiger partial charge >= 0.3 is 7.82 Å². The molecule has 0 aliphatic carbocycles. The monoisotopic (exact) mass is 253 g/mol. The Labute approximate surface area is 95.6 Å². The van der Waals surface area contributed by atoms with Crippen molar-refractivity contribution in [2.24, 2.45) is 5.92 Å². The maximum absolute atomic E-state index is 11.8. The third-order valence-electron chi connectivity index (χ3n) is 2.31. The summed E-state index contributed by atoms with van der Waals surface area (Å²) in [6.45, 7) is 3.46. The summed E-state index contributed by atoms with van der Waals surface area (Å²) in [5.41, 5.74) is 0. The fourth-order valence-corrected chi connectivity index (χ4v) is 1.74. The fraction of sp³-hybridized carbons (Fsp3) is 0.889. The van der Waals surface area contributed by atoms with Crippen LogP contribution in [-0.2, 0) is 13.9 Å². The molecule has 0 radical (unpaired) electrons. The molecular weight excluding hydrogens is 233 g/mol. The number of rotatable bonds is 8. The van der Waals surface area contributed by atoms with Gasteiger partial charge in [-0.05, 0) is 13.5 Å². The Hall–Kier alpha value is -0.260. The summed E-state index contributed by atoms with van der Waals surface area (Å²) in [6, 6.07) is -0.672. The molecule has 2 unspecified atom stereocenters. The van der Waals surface area contributed by atoms with Gasteiger partial charge in [0.25, 0.3) is 0 Å². The van der Waals surface area contributed by atoms with Crippen molar-refractivity contribution < 1.29 is 23.7 Å². The van der Waals surface area contributed by atoms with Gasteiger partial charge in [-0.3, -0.25) is 9.32 Å². The van der Waals surface area contributed by atoms with Crippen molar-refractivity contribution in [3.8, 4) is 0 Å². The maximum Gasteiger partial charge on any atom is 0.469 e. The van der Waals surface area contributed by atoms with Crippen LogP contribution in [0.4, 0.5) is 0 Å². The van der Waals surface area contributed by atoms with Gasteiger partial charge in [-0.15, -0.1) is 0 Å². The van der Waals surface area contributed by atoms with Crippen molar-refractivity contribution in [3.05, 3.63) is 0 Å². The lowest BCUT2D eigenvalue weighted by molar-refractivity contribution is -0.125. The van der Waals surface area contributed by atoms with Gasteiger partial charge in [-0.1, -0.05) is 20.3 Å². The number of nitrogens with one attached hydrogen (secondary N) is 1. The predicted molar refractivity (Wildman–Crippen MR) is 59.9 cm³/mol. The second-order valence-corrected chi connectivity index (χ2v) is 4.96. The van der Waals surface area contributed by atoms with Crippen LogP contribution in [0.3, 0.4) is 0 Å². The van der Waals surface area contributed by atoms with Crippen molar-refractivity contribution in [2.45, 2.75) is 32.7 Å². The fourth-order valence-electron chi connectivity index (χ4n) is 1.40. The van der Waals surface area contributed by atoms with Crippen molar-refractivity contribution in [2.75, 3.05) is 13.7 Å². The quantitative estimate of drug-likeness (QED) is 0.551. The standard InChI is InChI=1S/C9H20NO5P/c1-4-5-7(2)9(11)8(10-3)6-15-16(12,13)14/h7-8,10H,4-6H2,1-3H3,(H2,12,13,14). The number of carbonyl (C=O) groups is 1. The number of ketones is 1. The molecule has 16 heavy (non-hydrogen) atoms. The van der Waals surface area contributed by atoms with Crippen molar-refractivity contribution in [1.82, 2.24) is 5.32 Å². The summed E-state index contributed by atoms with van der Waals surface area (Å²) in [5, 5.41) is 2.70. The second kappa shape index (κ2) is 7.14. The average Bonchev–Trinajstić information content (AvgIpc) is 2.17. The molecule has 2 atom stereocenters. The Morgan fingerprint density at radius 3 is 2.44 bits per heavy atom. The lowest BCUT2D eigenvalue weighted by atomic mass is 9.96. The number of Topliss-reactive ketones (excluding diaryl/α,β-unsaturated/α-hetero) is 1. The maximum atomic E-state index is 11.8. The zero-order valence-corrected chi connectivity index (χ0v) is 10.7. The Kier molecular flexibility index (Phi) is 7.03. The van der Waals surface area contributed by atoms with Gasteiger partial charge < -0.3 is 15.1 Å². The van der Waals surface area contributed by atoms with Crippen molar-refractivity contribution >= 4 is 13.6 Å². The van der Waals surface area contributed by atoms with E-state index in [0.29, 0.717) is 0 Å². The molecule has 0 aromatic heterocycles. The Balaban J connectivity index is 4.27. The van der Waals surface area contributed by atoms with Crippen LogP contribution in [0, 0.1) is 5.92 Å². The molecule has 0 saturated carbocycles. The summed E-state index contributed by atoms with van der Waals surface area (Å²) < 4.78 is 14.8. The van der Waals surface area contributed by atoms with Crippen molar-refractivity contribution in [3.63, 3.8) is 0 Å². The Bertz CT molecular complexity index is 265. The summed E-state index contributed by atoms with van der Waals surface area (Å²) in [5.74, 6) is -0.222. The first kappa shape index (κ1) is 15.7. The summed E-state index contributed by atoms with van der Waals surface area (Å²) in [7, 11) is -2.95. The molecule has 96 valence electrons. The third-order valence-corrected chi connectivity index (χ3v) is 2.79. The highest BCUT2D eigenvalue weighted by molar-refractivity contribution is 7.46. The smallest absolute Gasteiger partial charge is 0.309 e. The zero-order chi connectivity index (χ0) is 12.8. The van der Waals surface area contributed by atoms with Gasteiger partial charge in [0.1, 0.15) is 0 Å². The highest BCUT2D eigenvalue weighted by atomic mass is 31.2. The SMILES string of the molecule is CCCC(C)C(=O)C(COP(=O)(O)O)NC. The summed E-state index contributed by atoms with van der Waals surface area (Å²) in [6.07, 6.45) is 1.65. The van der Waals surface area contributed by atoms with Gasteiger partial charge in [0.15, 0.2) is 5.78 Å². The van der Waals surface area contributed by atoms with Crippen LogP contribution in [-0.4, -0.2) is 35.3 Å². The van der Waals surface area contributed by atoms with E-state index in [1.54, 1.807) is 14.0 Å². The average molecular weight is 253 g/mol. The molecule has 6 nitrogen and oxygen atoms in total. The van der Waals surface area contributed by atoms with Crippen LogP contribution < -0.4 is 5.32 Å². The van der Waals surface area contributed by atoms with Crippen LogP contribution >= 0.6 is 7.82 Å². The van der Waals surface area contributed by atoms with Crippen LogP contribution in [0.15, 0.2) is 0 Å². The number of carbonyl (C=O) groups excluding carboxylic acids is 1. The molecule has 0 saturated heterocycles. The van der Waals surface area contributed by atoms with E-state index in [-0.39, 0.29) is 18.3 Å². The largest absolute Gasteiger partial charge is 0.469 e. The number of hydrogen-bond acceptors (Lipinski definition) is 4. The minimum absolute atomic E-state index is 0.0854. The lowest BCUT2D eigenvalue weighted by Gasteiger charge is -2.19. The van der Waals surface area contributed by atoms with E-state index >= 15 is 0 Å². The topological polar surface area (TPSA) is 95.9 Å². The van der Waals surface area contributed by atoms with Crippen LogP contribution in [0.25, 0.3) is 0 Å². The summed E-state index contributed by atoms with van der Waals surface area (Å²) in [4.78, 5) is 28.9. The molecule has 0 aromatic rings. The molecule has 3 N–H and O–H groups in total. The van der Waals surface area contributed by atoms with Gasteiger partial charge in [0.05, 0.1) is 12.6 Å². The van der Waals surface area contributed by atoms with Gasteiger partial charge in [0.2, 0.25) is 0 Å². The Morgan fingerprint density at radius 1 is 1.50 bits per heavy atom. The highest BCUT2D eigenvalue weighted by Crippen LogP contribution is 2.35. The Morgan fingerprint density at radius 2 is 2.06 bits per heavy atom. The number of hydrogen-bond donors (Lipinski definition) is 3. The molecule has 0 spiro atoms. The second-order valence-electron chi connectivity index (χ2n) is 3.72. The summed E-state index contributed by atoms with van der Waals surface area (Å²) >= 11 is 0. The van der Waals surface area contributed by atoms with Crippen LogP contribution in [0.1, 0.15) is 26.7 Å². The highest BCUT2D eigenvalue weighted by Gasteiger charge is 2.25. The van der Waals surface area contributed by atoms with Gasteiger partial charge in [0, 0.05) is 5.92 Å². The van der Waals surface area contributed by atoms with E-state index in [4.69, 9.17) is 9.79 Å². The van der Waals surface area contributed by atoms with Gasteiger partial charge in [-0.25, -0.2) is 4.57 Å². The van der Waals surface area contributed by atoms with Crippen molar-refractivity contribution in [1.29, 1.82) is 0 Å². The molecule has 0 aromatic carbocycles. The molecule has 0 rings (SSSR count). The molecule has 7 heteroatoms. The lowest BCUT2D eigenvalue weighted by Crippen LogP contribution is -2.41. The molecular formula is C9H20NO5P. The molecule has 0 bridgehead atoms. The van der Waals surface area contributed by atoms with E-state index in [1.165, 1.54) is 0 Å². The van der Waals surface area contributed by atoms with Crippen LogP contribution in [0.2, 0.25) is 0 Å². The first-order valence-electron chi connectivity index (χ1n) is 5.22. The molecule has 0 amide bonds. The minimum atomic E-state index is -4.51. The zero-order valence-electron chi connectivity index (χ0n) is 9.84. The molecule has 0 aliphatic rings. The number of likely N-dealkylation sites (N-methyl/N-ethyl adjacent to an activating group) is 1. The first-order valence-corrected chi connectivity index (χ1v) is 6.76. The first-order chi connectivity index (χ1) is 7.31. The van der Waals surface area contributed by atoms with E-state index in [0.717, 1.165) is 12.8 Å². The van der Waals surface area contributed by atoms with E-state index in [9.17, 15) is 9.36 Å². The number of phosphoric acid groups is 1. The minimum Gasteiger partial charge on any atom is -0.309 e. The van der Waals surface area contributed by atoms with E-state index < -0.39 is 13.9 Å². The molecule has 0 aliphatic heterocycles. The van der Waals surface area contributed by atoms with E-state index in [2.05, 4.69) is 9.84 Å². The van der Waals surface area contributed by atoms with Gasteiger partial charge in [-0.2, -0.15) is 0 Å². The predicted octanol–water partition coefficient (Wildman–Crippen LogP) is 0.689. The van der Waals surface area contributed by atoms with E-state index in [1.807, 2.05) is 6.92 Å². The normalized spacial score (nSPS) is 15.8. The number of phosphoric ester groups is 1. The molecule has 0 fully saturated rings. The third kappa shape index (κ3) is 6.35.